The van der Waals surface area contributed by atoms with Crippen LogP contribution in [0.5, 0.6) is 0 Å². The Bertz CT molecular complexity index is 672. The second kappa shape index (κ2) is 6.67. The smallest absolute Gasteiger partial charge is 0.229 e. The third-order valence-electron chi connectivity index (χ3n) is 4.42. The molecule has 1 aliphatic carbocycles. The number of amides is 3. The van der Waals surface area contributed by atoms with E-state index in [-0.39, 0.29) is 55.0 Å². The second-order valence-corrected chi connectivity index (χ2v) is 6.24. The quantitative estimate of drug-likeness (QED) is 0.809. The molecule has 24 heavy (non-hydrogen) atoms. The molecular weight excluding hydrogens is 318 g/mol. The van der Waals surface area contributed by atoms with Crippen LogP contribution in [0.2, 0.25) is 0 Å². The first-order chi connectivity index (χ1) is 11.5. The highest BCUT2D eigenvalue weighted by Gasteiger charge is 2.35. The summed E-state index contributed by atoms with van der Waals surface area (Å²) in [5.41, 5.74) is 0.138. The maximum atomic E-state index is 14.0. The van der Waals surface area contributed by atoms with Gasteiger partial charge in [-0.15, -0.1) is 0 Å². The van der Waals surface area contributed by atoms with E-state index in [1.165, 1.54) is 0 Å². The monoisotopic (exact) mass is 336 g/mol. The van der Waals surface area contributed by atoms with Crippen LogP contribution in [0.1, 0.15) is 43.7 Å². The summed E-state index contributed by atoms with van der Waals surface area (Å²) < 4.78 is 27.4. The molecular formula is C17H18F2N2O3. The van der Waals surface area contributed by atoms with Crippen molar-refractivity contribution in [3.05, 3.63) is 35.4 Å². The molecule has 0 aromatic heterocycles. The van der Waals surface area contributed by atoms with E-state index in [1.54, 1.807) is 0 Å². The van der Waals surface area contributed by atoms with Crippen molar-refractivity contribution in [3.63, 3.8) is 0 Å². The molecule has 0 spiro atoms. The van der Waals surface area contributed by atoms with Crippen LogP contribution < -0.4 is 5.32 Å². The first-order valence-corrected chi connectivity index (χ1v) is 8.03. The number of imide groups is 1. The molecule has 1 saturated heterocycles. The topological polar surface area (TPSA) is 66.5 Å². The number of likely N-dealkylation sites (tertiary alicyclic amines) is 1. The molecule has 0 unspecified atom stereocenters. The highest BCUT2D eigenvalue weighted by molar-refractivity contribution is 6.02. The number of hydrogen-bond donors (Lipinski definition) is 1. The number of halogens is 2. The van der Waals surface area contributed by atoms with Crippen LogP contribution in [0.3, 0.4) is 0 Å². The van der Waals surface area contributed by atoms with E-state index < -0.39 is 17.7 Å². The zero-order valence-electron chi connectivity index (χ0n) is 13.1. The van der Waals surface area contributed by atoms with Gasteiger partial charge < -0.3 is 5.32 Å². The Morgan fingerprint density at radius 2 is 1.88 bits per heavy atom. The fourth-order valence-corrected chi connectivity index (χ4v) is 2.96. The number of carbonyl (C=O) groups is 3. The first-order valence-electron chi connectivity index (χ1n) is 8.03. The van der Waals surface area contributed by atoms with E-state index in [1.807, 2.05) is 0 Å². The van der Waals surface area contributed by atoms with Crippen molar-refractivity contribution in [2.45, 2.75) is 38.1 Å². The van der Waals surface area contributed by atoms with Crippen LogP contribution in [0.4, 0.5) is 8.78 Å². The van der Waals surface area contributed by atoms with Crippen molar-refractivity contribution in [3.8, 4) is 0 Å². The molecule has 0 bridgehead atoms. The Morgan fingerprint density at radius 1 is 1.21 bits per heavy atom. The molecule has 7 heteroatoms. The molecule has 1 aliphatic heterocycles. The van der Waals surface area contributed by atoms with Crippen molar-refractivity contribution in [2.75, 3.05) is 6.54 Å². The predicted molar refractivity (Wildman–Crippen MR) is 80.5 cm³/mol. The minimum absolute atomic E-state index is 0.0204. The van der Waals surface area contributed by atoms with Crippen molar-refractivity contribution < 1.29 is 23.2 Å². The third kappa shape index (κ3) is 3.60. The number of rotatable bonds is 6. The summed E-state index contributed by atoms with van der Waals surface area (Å²) in [5.74, 6) is -1.97. The van der Waals surface area contributed by atoms with Gasteiger partial charge in [0.1, 0.15) is 11.6 Å². The molecule has 3 rings (SSSR count). The molecule has 1 heterocycles. The molecule has 0 radical (unpaired) electrons. The van der Waals surface area contributed by atoms with Crippen LogP contribution >= 0.6 is 0 Å². The number of nitrogens with zero attached hydrogens (tertiary/aromatic N) is 1. The fraction of sp³-hybridized carbons (Fsp3) is 0.471. The summed E-state index contributed by atoms with van der Waals surface area (Å²) >= 11 is 0. The summed E-state index contributed by atoms with van der Waals surface area (Å²) in [6.45, 7) is 0.0204. The summed E-state index contributed by atoms with van der Waals surface area (Å²) in [6, 6.07) is 2.60. The summed E-state index contributed by atoms with van der Waals surface area (Å²) in [6.07, 6.45) is 1.99. The minimum Gasteiger partial charge on any atom is -0.349 e. The van der Waals surface area contributed by atoms with Crippen molar-refractivity contribution in [2.24, 2.45) is 5.92 Å². The van der Waals surface area contributed by atoms with Gasteiger partial charge in [-0.05, 0) is 37.0 Å². The molecule has 128 valence electrons. The highest BCUT2D eigenvalue weighted by Crippen LogP contribution is 2.41. The molecule has 5 nitrogen and oxygen atoms in total. The Kier molecular flexibility index (Phi) is 4.59. The van der Waals surface area contributed by atoms with Gasteiger partial charge in [-0.1, -0.05) is 0 Å². The SMILES string of the molecule is O=C(CCN1C(=O)CCC1=O)N[C@H](c1cc(F)ccc1F)C1CC1. The lowest BCUT2D eigenvalue weighted by Crippen LogP contribution is -2.36. The average Bonchev–Trinajstić information content (AvgIpc) is 3.33. The third-order valence-corrected chi connectivity index (χ3v) is 4.42. The molecule has 1 aromatic carbocycles. The lowest BCUT2D eigenvalue weighted by molar-refractivity contribution is -0.138. The summed E-state index contributed by atoms with van der Waals surface area (Å²) in [4.78, 5) is 36.3. The predicted octanol–water partition coefficient (Wildman–Crippen LogP) is 2.07. The van der Waals surface area contributed by atoms with Crippen LogP contribution in [0.15, 0.2) is 18.2 Å². The van der Waals surface area contributed by atoms with Crippen LogP contribution in [0, 0.1) is 17.6 Å². The van der Waals surface area contributed by atoms with Crippen LogP contribution in [0.25, 0.3) is 0 Å². The average molecular weight is 336 g/mol. The molecule has 1 saturated carbocycles. The molecule has 1 aromatic rings. The van der Waals surface area contributed by atoms with Crippen LogP contribution in [-0.2, 0) is 14.4 Å². The zero-order valence-corrected chi connectivity index (χ0v) is 13.1. The van der Waals surface area contributed by atoms with Crippen molar-refractivity contribution in [1.82, 2.24) is 10.2 Å². The van der Waals surface area contributed by atoms with E-state index in [0.717, 1.165) is 35.9 Å². The fourth-order valence-electron chi connectivity index (χ4n) is 2.96. The van der Waals surface area contributed by atoms with Gasteiger partial charge in [0.05, 0.1) is 6.04 Å². The van der Waals surface area contributed by atoms with E-state index in [2.05, 4.69) is 5.32 Å². The van der Waals surface area contributed by atoms with Crippen molar-refractivity contribution in [1.29, 1.82) is 0 Å². The minimum atomic E-state index is -0.585. The van der Waals surface area contributed by atoms with E-state index >= 15 is 0 Å². The number of benzene rings is 1. The molecule has 2 aliphatic rings. The number of carbonyl (C=O) groups excluding carboxylic acids is 3. The number of nitrogens with one attached hydrogen (secondary N) is 1. The van der Waals surface area contributed by atoms with Crippen molar-refractivity contribution >= 4 is 17.7 Å². The lowest BCUT2D eigenvalue weighted by atomic mass is 10.0. The normalized spacial score (nSPS) is 18.8. The molecule has 3 amide bonds. The van der Waals surface area contributed by atoms with Gasteiger partial charge in [0, 0.05) is 31.4 Å². The first kappa shape index (κ1) is 16.5. The second-order valence-electron chi connectivity index (χ2n) is 6.24. The zero-order chi connectivity index (χ0) is 17.3. The van der Waals surface area contributed by atoms with Gasteiger partial charge >= 0.3 is 0 Å². The van der Waals surface area contributed by atoms with Gasteiger partial charge in [0.25, 0.3) is 0 Å². The Labute approximate surface area is 138 Å². The Hall–Kier alpha value is -2.31. The van der Waals surface area contributed by atoms with Crippen LogP contribution in [-0.4, -0.2) is 29.2 Å². The Balaban J connectivity index is 1.63. The van der Waals surface area contributed by atoms with E-state index in [9.17, 15) is 23.2 Å². The molecule has 1 N–H and O–H groups in total. The van der Waals surface area contributed by atoms with Gasteiger partial charge in [-0.3, -0.25) is 19.3 Å². The highest BCUT2D eigenvalue weighted by atomic mass is 19.1. The lowest BCUT2D eigenvalue weighted by Gasteiger charge is -2.20. The summed E-state index contributed by atoms with van der Waals surface area (Å²) in [5, 5.41) is 2.72. The van der Waals surface area contributed by atoms with Gasteiger partial charge in [-0.25, -0.2) is 8.78 Å². The number of hydrogen-bond acceptors (Lipinski definition) is 3. The van der Waals surface area contributed by atoms with Gasteiger partial charge in [0.15, 0.2) is 0 Å². The molecule has 1 atom stereocenters. The van der Waals surface area contributed by atoms with Gasteiger partial charge in [-0.2, -0.15) is 0 Å². The maximum Gasteiger partial charge on any atom is 0.229 e. The maximum absolute atomic E-state index is 14.0. The van der Waals surface area contributed by atoms with E-state index in [4.69, 9.17) is 0 Å². The van der Waals surface area contributed by atoms with Gasteiger partial charge in [0.2, 0.25) is 17.7 Å². The molecule has 2 fully saturated rings. The Morgan fingerprint density at radius 3 is 2.50 bits per heavy atom. The summed E-state index contributed by atoms with van der Waals surface area (Å²) in [7, 11) is 0. The largest absolute Gasteiger partial charge is 0.349 e. The standard InChI is InChI=1S/C17H18F2N2O3/c18-11-3-4-13(19)12(9-11)17(10-1-2-10)20-14(22)7-8-21-15(23)5-6-16(21)24/h3-4,9-10,17H,1-2,5-8H2,(H,20,22)/t17-/m0/s1. The van der Waals surface area contributed by atoms with E-state index in [0.29, 0.717) is 0 Å².